The lowest BCUT2D eigenvalue weighted by Gasteiger charge is -2.48. The number of aliphatic hydroxyl groups is 4. The second kappa shape index (κ2) is 35.0. The smallest absolute Gasteiger partial charge is 0.388 e. The number of rotatable bonds is 16. The number of aliphatic hydroxyl groups excluding tert-OH is 3. The summed E-state index contributed by atoms with van der Waals surface area (Å²) in [6.07, 6.45) is 3.47. The van der Waals surface area contributed by atoms with Crippen LogP contribution in [0.1, 0.15) is 221 Å². The summed E-state index contributed by atoms with van der Waals surface area (Å²) < 4.78 is 228. The first kappa shape index (κ1) is 92.6. The molecule has 10 aromatic heterocycles. The van der Waals surface area contributed by atoms with E-state index in [4.69, 9.17) is 18.9 Å². The molecule has 8 atom stereocenters. The first-order valence-electron chi connectivity index (χ1n) is 42.2. The number of carbonyl (C=O) groups excluding carboxylic acids is 4. The van der Waals surface area contributed by atoms with E-state index in [2.05, 4.69) is 71.6 Å². The molecule has 4 aliphatic carbocycles. The molecule has 8 aliphatic rings. The highest BCUT2D eigenvalue weighted by Crippen LogP contribution is 2.48. The largest absolute Gasteiger partial charge is 0.417 e. The number of hydrogen-bond donors (Lipinski definition) is 8. The minimum atomic E-state index is -4.81. The summed E-state index contributed by atoms with van der Waals surface area (Å²) in [5, 5.41) is 71.2. The van der Waals surface area contributed by atoms with Gasteiger partial charge in [0.05, 0.1) is 84.6 Å². The van der Waals surface area contributed by atoms with Crippen LogP contribution in [0.15, 0.2) is 129 Å². The van der Waals surface area contributed by atoms with Crippen LogP contribution >= 0.6 is 0 Å². The van der Waals surface area contributed by atoms with Crippen molar-refractivity contribution in [2.24, 2.45) is 0 Å². The van der Waals surface area contributed by atoms with Gasteiger partial charge in [-0.1, -0.05) is 18.2 Å². The van der Waals surface area contributed by atoms with Crippen LogP contribution in [-0.4, -0.2) is 189 Å². The molecular formula is C88H83F15N18O12. The normalized spacial score (nSPS) is 24.0. The predicted octanol–water partition coefficient (Wildman–Crippen LogP) is 12.0. The van der Waals surface area contributed by atoms with Crippen molar-refractivity contribution < 1.29 is 124 Å². The molecule has 0 bridgehead atoms. The van der Waals surface area contributed by atoms with Crippen molar-refractivity contribution in [1.29, 1.82) is 0 Å². The fraction of sp³-hybridized carbons (Fsp3) is 0.432. The Bertz CT molecular complexity index is 6490. The number of pyridine rings is 2. The third-order valence-electron chi connectivity index (χ3n) is 25.3. The minimum absolute atomic E-state index is 0.00924. The highest BCUT2D eigenvalue weighted by atomic mass is 19.4. The molecule has 0 spiro atoms. The molecule has 4 amide bonds. The number of aryl methyl sites for hydroxylation is 2. The Balaban J connectivity index is 0.000000124. The van der Waals surface area contributed by atoms with Crippen molar-refractivity contribution in [3.05, 3.63) is 247 Å². The van der Waals surface area contributed by atoms with E-state index in [0.717, 1.165) is 91.8 Å². The zero-order valence-electron chi connectivity index (χ0n) is 70.6. The van der Waals surface area contributed by atoms with E-state index in [1.807, 2.05) is 6.20 Å². The molecular weight excluding hydrogens is 1790 g/mol. The molecule has 20 rings (SSSR count). The predicted molar refractivity (Wildman–Crippen MR) is 433 cm³/mol. The van der Waals surface area contributed by atoms with Crippen LogP contribution in [0.5, 0.6) is 0 Å². The maximum absolute atomic E-state index is 15.1. The summed E-state index contributed by atoms with van der Waals surface area (Å²) in [7, 11) is 0. The number of ether oxygens (including phenoxy) is 4. The minimum Gasteiger partial charge on any atom is -0.388 e. The average Bonchev–Trinajstić information content (AvgIpc) is 1.06. The number of nitrogens with zero attached hydrogens (tertiary/aromatic N) is 14. The molecule has 133 heavy (non-hydrogen) atoms. The summed E-state index contributed by atoms with van der Waals surface area (Å²) in [4.78, 5) is 78.2. The summed E-state index contributed by atoms with van der Waals surface area (Å²) in [6.45, 7) is 3.65. The van der Waals surface area contributed by atoms with Crippen molar-refractivity contribution in [1.82, 2.24) is 89.6 Å². The SMILES string of the molecule is Cc1nn2cc(C3CC3)cnc2c1C(=O)NC1(c2ncc(C(F)(F)F)cc2F)CCOCC1(C)O.Cc1nn2cc(C3CC3)cnc2c1C(=O)NC1(c2ncc(C(F)(F)F)cc2F)CCOCC1O.O=C(NC1(c2ccc(C(F)(F)F)cc2)CCOCC1O)c1cnn2cc(C3CC3)cnc12.O=C(NC1(c2ccc(C(F)(F)F)cc2F)COCC1O)c1cnn2cc(C3CC3)cnc12. The van der Waals surface area contributed by atoms with Crippen LogP contribution in [0.4, 0.5) is 65.9 Å². The molecule has 4 aliphatic heterocycles. The monoisotopic (exact) mass is 1870 g/mol. The molecule has 45 heteroatoms. The molecule has 4 saturated heterocycles. The second-order valence-corrected chi connectivity index (χ2v) is 34.6. The first-order chi connectivity index (χ1) is 63.0. The van der Waals surface area contributed by atoms with Gasteiger partial charge in [0.2, 0.25) is 0 Å². The molecule has 8 unspecified atom stereocenters. The van der Waals surface area contributed by atoms with Crippen LogP contribution in [0.3, 0.4) is 0 Å². The van der Waals surface area contributed by atoms with Gasteiger partial charge in [-0.3, -0.25) is 29.1 Å². The molecule has 702 valence electrons. The Kier molecular flexibility index (Phi) is 24.3. The maximum Gasteiger partial charge on any atom is 0.417 e. The van der Waals surface area contributed by atoms with Gasteiger partial charge in [-0.25, -0.2) is 51.2 Å². The van der Waals surface area contributed by atoms with Gasteiger partial charge in [0.1, 0.15) is 91.6 Å². The van der Waals surface area contributed by atoms with E-state index in [-0.39, 0.29) is 117 Å². The lowest BCUT2D eigenvalue weighted by Crippen LogP contribution is -2.65. The number of nitrogens with one attached hydrogen (secondary N) is 4. The van der Waals surface area contributed by atoms with Crippen LogP contribution in [0, 0.1) is 31.3 Å². The van der Waals surface area contributed by atoms with Gasteiger partial charge in [0, 0.05) is 107 Å². The highest BCUT2D eigenvalue weighted by Gasteiger charge is 2.57. The number of carbonyl (C=O) groups is 4. The van der Waals surface area contributed by atoms with Crippen molar-refractivity contribution >= 4 is 46.2 Å². The van der Waals surface area contributed by atoms with Gasteiger partial charge in [-0.05, 0) is 160 Å². The zero-order chi connectivity index (χ0) is 94.6. The Morgan fingerprint density at radius 2 is 0.789 bits per heavy atom. The van der Waals surface area contributed by atoms with Crippen LogP contribution in [0.25, 0.3) is 22.6 Å². The van der Waals surface area contributed by atoms with Crippen LogP contribution in [0.2, 0.25) is 0 Å². The molecule has 2 aromatic carbocycles. The van der Waals surface area contributed by atoms with E-state index in [0.29, 0.717) is 82.9 Å². The van der Waals surface area contributed by atoms with E-state index < -0.39 is 145 Å². The Hall–Kier alpha value is -12.3. The lowest BCUT2D eigenvalue weighted by atomic mass is 9.74. The number of amides is 4. The van der Waals surface area contributed by atoms with E-state index >= 15 is 4.39 Å². The van der Waals surface area contributed by atoms with Crippen molar-refractivity contribution in [2.75, 3.05) is 52.9 Å². The van der Waals surface area contributed by atoms with Gasteiger partial charge in [0.25, 0.3) is 23.6 Å². The third-order valence-corrected chi connectivity index (χ3v) is 25.3. The maximum atomic E-state index is 15.1. The van der Waals surface area contributed by atoms with Crippen molar-refractivity contribution in [2.45, 2.75) is 186 Å². The summed E-state index contributed by atoms with van der Waals surface area (Å²) in [6, 6.07) is 7.03. The van der Waals surface area contributed by atoms with Crippen molar-refractivity contribution in [3.63, 3.8) is 0 Å². The molecule has 30 nitrogen and oxygen atoms in total. The van der Waals surface area contributed by atoms with Crippen LogP contribution in [-0.2, 0) is 65.8 Å². The first-order valence-corrected chi connectivity index (χ1v) is 42.2. The number of hydrogen-bond acceptors (Lipinski definition) is 22. The Morgan fingerprint density at radius 1 is 0.406 bits per heavy atom. The highest BCUT2D eigenvalue weighted by molar-refractivity contribution is 6.03. The summed E-state index contributed by atoms with van der Waals surface area (Å²) >= 11 is 0. The van der Waals surface area contributed by atoms with Gasteiger partial charge >= 0.3 is 24.7 Å². The molecule has 14 heterocycles. The number of fused-ring (bicyclic) bond motifs is 4. The van der Waals surface area contributed by atoms with Crippen LogP contribution < -0.4 is 21.3 Å². The standard InChI is InChI=1S/C23H23F4N5O3.C22H21F4N5O3.C22H21F3N4O3.C21H18F4N4O3/c1-12-17(19-29-8-14(13-3-4-13)10-32(19)31-12)20(33)30-22(5-6-35-11-21(22,2)34)18-16(24)7-15(9-28-18)23(25,26)27;1-11-17(19-28-7-13(12-2-3-12)9-31(19)30-11)20(33)29-21(4-5-34-10-16(21)32)18-15(23)6-14(8-27-18)22(24,25)26;23-22(24,25)16-5-3-15(4-6-16)21(7-8-32-12-18(21)30)28-20(31)17-10-27-29-11-14(13-1-2-13)9-26-19(17)29;22-16-5-13(21(23,24)25)3-4-15(16)20(10-32-9-17(20)30)28-19(31)14-7-27-29-8-12(11-1-2-11)6-26-18(14)29/h7-10,13,34H,3-6,11H2,1-2H3,(H,30,33);6-9,12,16,32H,2-5,10H2,1H3,(H,29,33);3-6,9-11,13,18,30H,1-2,7-8,12H2,(H,28,31);3-8,11,17,30H,1-2,9-10H2,(H,28,31). The third kappa shape index (κ3) is 18.2. The molecule has 0 radical (unpaired) electrons. The fourth-order valence-corrected chi connectivity index (χ4v) is 17.2. The Morgan fingerprint density at radius 3 is 1.20 bits per heavy atom. The molecule has 12 aromatic rings. The van der Waals surface area contributed by atoms with E-state index in [1.165, 1.54) is 45.0 Å². The van der Waals surface area contributed by atoms with Gasteiger partial charge < -0.3 is 60.6 Å². The summed E-state index contributed by atoms with van der Waals surface area (Å²) in [5.74, 6) is -4.70. The van der Waals surface area contributed by atoms with Gasteiger partial charge in [-0.2, -0.15) is 73.1 Å². The topological polar surface area (TPSA) is 381 Å². The molecule has 4 saturated carbocycles. The Labute approximate surface area is 743 Å². The number of halogens is 15. The quantitative estimate of drug-likeness (QED) is 0.0417. The lowest BCUT2D eigenvalue weighted by molar-refractivity contribution is -0.142. The van der Waals surface area contributed by atoms with Gasteiger partial charge in [-0.15, -0.1) is 0 Å². The fourth-order valence-electron chi connectivity index (χ4n) is 17.2. The molecule has 8 fully saturated rings. The number of aromatic nitrogens is 14. The average molecular weight is 1870 g/mol. The summed E-state index contributed by atoms with van der Waals surface area (Å²) in [5.41, 5.74) is -7.59. The number of alkyl halides is 12. The van der Waals surface area contributed by atoms with E-state index in [1.54, 1.807) is 61.7 Å². The van der Waals surface area contributed by atoms with Crippen molar-refractivity contribution in [3.8, 4) is 0 Å². The van der Waals surface area contributed by atoms with E-state index in [9.17, 15) is 101 Å². The number of benzene rings is 2. The van der Waals surface area contributed by atoms with Gasteiger partial charge in [0.15, 0.2) is 22.6 Å². The second-order valence-electron chi connectivity index (χ2n) is 34.6. The molecule has 8 N–H and O–H groups in total. The zero-order valence-corrected chi connectivity index (χ0v) is 70.6.